The van der Waals surface area contributed by atoms with E-state index >= 15 is 0 Å². The predicted molar refractivity (Wildman–Crippen MR) is 132 cm³/mol. The lowest BCUT2D eigenvalue weighted by atomic mass is 10.0. The number of hydrazone groups is 1. The largest absolute Gasteiger partial charge is 0.489 e. The Hall–Kier alpha value is -4.64. The Balaban J connectivity index is 1.52. The van der Waals surface area contributed by atoms with Crippen LogP contribution < -0.4 is 15.5 Å². The van der Waals surface area contributed by atoms with E-state index in [2.05, 4.69) is 21.9 Å². The van der Waals surface area contributed by atoms with Gasteiger partial charge in [0.15, 0.2) is 0 Å². The van der Waals surface area contributed by atoms with Crippen LogP contribution in [0.4, 0.5) is 4.79 Å². The average Bonchev–Trinajstić information content (AvgIpc) is 2.88. The summed E-state index contributed by atoms with van der Waals surface area (Å²) in [7, 11) is 0. The van der Waals surface area contributed by atoms with E-state index in [1.54, 1.807) is 37.3 Å². The van der Waals surface area contributed by atoms with Gasteiger partial charge in [0.05, 0.1) is 36.9 Å². The number of ether oxygens (including phenoxy) is 2. The number of carbonyl (C=O) groups excluding carboxylic acids is 2. The summed E-state index contributed by atoms with van der Waals surface area (Å²) in [5.41, 5.74) is 5.43. The molecular formula is C27H26N4O4. The first-order valence-electron chi connectivity index (χ1n) is 11.1. The Labute approximate surface area is 204 Å². The monoisotopic (exact) mass is 470 g/mol. The van der Waals surface area contributed by atoms with Crippen molar-refractivity contribution >= 4 is 18.2 Å². The fourth-order valence-corrected chi connectivity index (χ4v) is 3.23. The number of amides is 2. The Kier molecular flexibility index (Phi) is 9.40. The van der Waals surface area contributed by atoms with Crippen molar-refractivity contribution in [1.82, 2.24) is 10.7 Å². The molecule has 8 nitrogen and oxygen atoms in total. The highest BCUT2D eigenvalue weighted by Crippen LogP contribution is 2.17. The molecule has 2 amide bonds. The van der Waals surface area contributed by atoms with E-state index in [4.69, 9.17) is 14.7 Å². The molecule has 0 aliphatic heterocycles. The number of rotatable bonds is 10. The molecule has 3 rings (SSSR count). The lowest BCUT2D eigenvalue weighted by Crippen LogP contribution is -2.33. The van der Waals surface area contributed by atoms with E-state index in [0.29, 0.717) is 11.3 Å². The number of hydrogen-bond donors (Lipinski definition) is 2. The summed E-state index contributed by atoms with van der Waals surface area (Å²) in [6.45, 7) is 2.24. The Morgan fingerprint density at radius 3 is 2.46 bits per heavy atom. The first-order valence-corrected chi connectivity index (χ1v) is 11.1. The third kappa shape index (κ3) is 8.02. The summed E-state index contributed by atoms with van der Waals surface area (Å²) in [6.07, 6.45) is 0.927. The zero-order valence-corrected chi connectivity index (χ0v) is 19.3. The number of nitriles is 1. The molecule has 0 aliphatic rings. The standard InChI is InChI=1S/C27H26N4O4/c1-2-34-27(33)30-25(21-8-4-3-5-9-21)16-26(32)31-29-18-20-12-14-24(15-13-20)35-19-23-11-7-6-10-22(23)17-28/h3-15,18,25H,2,16,19H2,1H3,(H,30,33)(H,31,32)/b29-18-/t25-/m0/s1. The van der Waals surface area contributed by atoms with Gasteiger partial charge in [-0.05, 0) is 48.4 Å². The van der Waals surface area contributed by atoms with Crippen LogP contribution in [0.5, 0.6) is 5.75 Å². The Morgan fingerprint density at radius 1 is 1.03 bits per heavy atom. The third-order valence-electron chi connectivity index (χ3n) is 4.97. The molecule has 0 unspecified atom stereocenters. The van der Waals surface area contributed by atoms with Crippen molar-refractivity contribution in [2.24, 2.45) is 5.10 Å². The molecule has 0 aliphatic carbocycles. The predicted octanol–water partition coefficient (Wildman–Crippen LogP) is 4.46. The van der Waals surface area contributed by atoms with Crippen LogP contribution in [0.1, 0.15) is 41.6 Å². The zero-order chi connectivity index (χ0) is 24.9. The molecule has 1 atom stereocenters. The van der Waals surface area contributed by atoms with E-state index in [0.717, 1.165) is 16.7 Å². The normalized spacial score (nSPS) is 11.3. The van der Waals surface area contributed by atoms with E-state index < -0.39 is 12.1 Å². The van der Waals surface area contributed by atoms with E-state index in [9.17, 15) is 9.59 Å². The minimum Gasteiger partial charge on any atom is -0.489 e. The van der Waals surface area contributed by atoms with Crippen LogP contribution in [0, 0.1) is 11.3 Å². The van der Waals surface area contributed by atoms with Crippen LogP contribution in [-0.2, 0) is 16.1 Å². The summed E-state index contributed by atoms with van der Waals surface area (Å²) >= 11 is 0. The first-order chi connectivity index (χ1) is 17.1. The van der Waals surface area contributed by atoms with Crippen LogP contribution in [0.25, 0.3) is 0 Å². The van der Waals surface area contributed by atoms with Gasteiger partial charge < -0.3 is 14.8 Å². The second-order valence-electron chi connectivity index (χ2n) is 7.45. The van der Waals surface area contributed by atoms with Gasteiger partial charge in [0.1, 0.15) is 12.4 Å². The molecule has 0 saturated heterocycles. The third-order valence-corrected chi connectivity index (χ3v) is 4.97. The number of hydrogen-bond acceptors (Lipinski definition) is 6. The lowest BCUT2D eigenvalue weighted by molar-refractivity contribution is -0.121. The number of nitrogens with one attached hydrogen (secondary N) is 2. The second kappa shape index (κ2) is 13.2. The quantitative estimate of drug-likeness (QED) is 0.335. The molecule has 0 saturated carbocycles. The summed E-state index contributed by atoms with van der Waals surface area (Å²) in [5.74, 6) is 0.290. The number of alkyl carbamates (subject to hydrolysis) is 1. The first kappa shape index (κ1) is 25.0. The minimum absolute atomic E-state index is 0.00286. The highest BCUT2D eigenvalue weighted by molar-refractivity contribution is 5.83. The molecule has 3 aromatic carbocycles. The van der Waals surface area contributed by atoms with Crippen molar-refractivity contribution in [2.75, 3.05) is 6.61 Å². The number of nitrogens with zero attached hydrogens (tertiary/aromatic N) is 2. The smallest absolute Gasteiger partial charge is 0.407 e. The van der Waals surface area contributed by atoms with Gasteiger partial charge in [-0.3, -0.25) is 4.79 Å². The van der Waals surface area contributed by atoms with E-state index in [1.807, 2.05) is 48.5 Å². The van der Waals surface area contributed by atoms with E-state index in [1.165, 1.54) is 6.21 Å². The van der Waals surface area contributed by atoms with Gasteiger partial charge in [0.2, 0.25) is 5.91 Å². The van der Waals surface area contributed by atoms with Crippen LogP contribution in [0.3, 0.4) is 0 Å². The number of carbonyl (C=O) groups is 2. The maximum Gasteiger partial charge on any atom is 0.407 e. The average molecular weight is 471 g/mol. The molecule has 178 valence electrons. The van der Waals surface area contributed by atoms with Crippen LogP contribution in [0.15, 0.2) is 84.0 Å². The summed E-state index contributed by atoms with van der Waals surface area (Å²) in [4.78, 5) is 24.3. The van der Waals surface area contributed by atoms with Crippen molar-refractivity contribution in [3.8, 4) is 11.8 Å². The van der Waals surface area contributed by atoms with Crippen molar-refractivity contribution in [2.45, 2.75) is 26.0 Å². The molecule has 0 bridgehead atoms. The minimum atomic E-state index is -0.587. The molecule has 0 fully saturated rings. The zero-order valence-electron chi connectivity index (χ0n) is 19.3. The van der Waals surface area contributed by atoms with Crippen molar-refractivity contribution in [3.63, 3.8) is 0 Å². The van der Waals surface area contributed by atoms with Gasteiger partial charge in [-0.25, -0.2) is 10.2 Å². The highest BCUT2D eigenvalue weighted by atomic mass is 16.5. The summed E-state index contributed by atoms with van der Waals surface area (Å²) < 4.78 is 10.7. The second-order valence-corrected chi connectivity index (χ2v) is 7.45. The number of benzene rings is 3. The molecule has 0 radical (unpaired) electrons. The summed E-state index contributed by atoms with van der Waals surface area (Å²) in [6, 6.07) is 25.2. The van der Waals surface area contributed by atoms with Gasteiger partial charge in [0, 0.05) is 5.56 Å². The van der Waals surface area contributed by atoms with Crippen LogP contribution >= 0.6 is 0 Å². The van der Waals surface area contributed by atoms with Gasteiger partial charge in [-0.2, -0.15) is 10.4 Å². The SMILES string of the molecule is CCOC(=O)N[C@@H](CC(=O)N/N=C\c1ccc(OCc2ccccc2C#N)cc1)c1ccccc1. The highest BCUT2D eigenvalue weighted by Gasteiger charge is 2.18. The van der Waals surface area contributed by atoms with Gasteiger partial charge in [-0.1, -0.05) is 48.5 Å². The molecule has 35 heavy (non-hydrogen) atoms. The molecule has 0 spiro atoms. The van der Waals surface area contributed by atoms with Crippen molar-refractivity contribution < 1.29 is 19.1 Å². The topological polar surface area (TPSA) is 113 Å². The van der Waals surface area contributed by atoms with Gasteiger partial charge in [-0.15, -0.1) is 0 Å². The van der Waals surface area contributed by atoms with Crippen molar-refractivity contribution in [3.05, 3.63) is 101 Å². The lowest BCUT2D eigenvalue weighted by Gasteiger charge is -2.18. The van der Waals surface area contributed by atoms with Crippen molar-refractivity contribution in [1.29, 1.82) is 5.26 Å². The fourth-order valence-electron chi connectivity index (χ4n) is 3.23. The molecule has 3 aromatic rings. The van der Waals surface area contributed by atoms with Crippen LogP contribution in [-0.4, -0.2) is 24.8 Å². The van der Waals surface area contributed by atoms with E-state index in [-0.39, 0.29) is 25.5 Å². The molecule has 8 heteroatoms. The maximum absolute atomic E-state index is 12.4. The molecule has 0 heterocycles. The Morgan fingerprint density at radius 2 is 1.74 bits per heavy atom. The fraction of sp³-hybridized carbons (Fsp3) is 0.185. The van der Waals surface area contributed by atoms with Gasteiger partial charge in [0.25, 0.3) is 0 Å². The Bertz CT molecular complexity index is 1190. The molecule has 0 aromatic heterocycles. The maximum atomic E-state index is 12.4. The molecular weight excluding hydrogens is 444 g/mol. The van der Waals surface area contributed by atoms with Gasteiger partial charge >= 0.3 is 6.09 Å². The molecule has 2 N–H and O–H groups in total. The summed E-state index contributed by atoms with van der Waals surface area (Å²) in [5, 5.41) is 15.9. The van der Waals surface area contributed by atoms with Crippen LogP contribution in [0.2, 0.25) is 0 Å².